The molecule has 0 radical (unpaired) electrons. The monoisotopic (exact) mass is 228 g/mol. The minimum Gasteiger partial charge on any atom is -0.397 e. The van der Waals surface area contributed by atoms with Gasteiger partial charge in [-0.2, -0.15) is 0 Å². The van der Waals surface area contributed by atoms with Crippen LogP contribution in [0.5, 0.6) is 0 Å². The van der Waals surface area contributed by atoms with Gasteiger partial charge >= 0.3 is 0 Å². The van der Waals surface area contributed by atoms with Gasteiger partial charge in [0.25, 0.3) is 0 Å². The van der Waals surface area contributed by atoms with E-state index in [2.05, 4.69) is 0 Å². The first-order chi connectivity index (χ1) is 6.99. The van der Waals surface area contributed by atoms with Crippen molar-refractivity contribution in [2.75, 3.05) is 26.4 Å². The predicted octanol–water partition coefficient (Wildman–Crippen LogP) is -1.92. The summed E-state index contributed by atoms with van der Waals surface area (Å²) in [6.45, 7) is 2.93. The zero-order valence-corrected chi connectivity index (χ0v) is 9.37. The second kappa shape index (κ2) is 19.4. The SMILES string of the molecule is CC(O)CCO.CCO.OCC(O)CO. The molecule has 0 bridgehead atoms. The Labute approximate surface area is 90.4 Å². The van der Waals surface area contributed by atoms with E-state index in [0.717, 1.165) is 0 Å². The molecule has 0 saturated heterocycles. The van der Waals surface area contributed by atoms with E-state index in [1.54, 1.807) is 13.8 Å². The summed E-state index contributed by atoms with van der Waals surface area (Å²) in [5.41, 5.74) is 0. The van der Waals surface area contributed by atoms with Gasteiger partial charge < -0.3 is 30.6 Å². The lowest BCUT2D eigenvalue weighted by atomic mass is 10.3. The van der Waals surface area contributed by atoms with Crippen molar-refractivity contribution in [2.24, 2.45) is 0 Å². The molecule has 0 amide bonds. The Morgan fingerprint density at radius 3 is 1.27 bits per heavy atom. The molecule has 0 rings (SSSR count). The maximum Gasteiger partial charge on any atom is 0.100 e. The molecular formula is C9H24O6. The molecule has 0 heterocycles. The fraction of sp³-hybridized carbons (Fsp3) is 1.00. The van der Waals surface area contributed by atoms with Gasteiger partial charge in [0, 0.05) is 13.2 Å². The Balaban J connectivity index is -0.000000153. The van der Waals surface area contributed by atoms with E-state index in [1.807, 2.05) is 0 Å². The molecule has 0 aromatic carbocycles. The fourth-order valence-electron chi connectivity index (χ4n) is 0.245. The lowest BCUT2D eigenvalue weighted by Gasteiger charge is -1.96. The highest BCUT2D eigenvalue weighted by Gasteiger charge is 1.93. The lowest BCUT2D eigenvalue weighted by molar-refractivity contribution is 0.0450. The highest BCUT2D eigenvalue weighted by molar-refractivity contribution is 4.44. The van der Waals surface area contributed by atoms with Crippen LogP contribution in [-0.2, 0) is 0 Å². The third kappa shape index (κ3) is 41.6. The Morgan fingerprint density at radius 2 is 1.27 bits per heavy atom. The molecule has 0 aromatic heterocycles. The van der Waals surface area contributed by atoms with Crippen molar-refractivity contribution < 1.29 is 30.6 Å². The number of hydrogen-bond donors (Lipinski definition) is 6. The zero-order chi connectivity index (χ0) is 12.7. The van der Waals surface area contributed by atoms with Gasteiger partial charge in [-0.15, -0.1) is 0 Å². The molecule has 0 aromatic rings. The zero-order valence-electron chi connectivity index (χ0n) is 9.37. The van der Waals surface area contributed by atoms with E-state index < -0.39 is 6.10 Å². The van der Waals surface area contributed by atoms with Gasteiger partial charge in [0.1, 0.15) is 6.10 Å². The molecule has 0 spiro atoms. The molecule has 0 aliphatic heterocycles. The van der Waals surface area contributed by atoms with Gasteiger partial charge in [0.05, 0.1) is 19.3 Å². The number of aliphatic hydroxyl groups is 6. The lowest BCUT2D eigenvalue weighted by Crippen LogP contribution is -2.15. The molecule has 0 aliphatic rings. The largest absolute Gasteiger partial charge is 0.397 e. The summed E-state index contributed by atoms with van der Waals surface area (Å²) >= 11 is 0. The standard InChI is InChI=1S/C4H10O2.C3H8O3.C2H6O/c1-4(6)2-3-5;4-1-3(6)2-5;1-2-3/h4-6H,2-3H2,1H3;3-6H,1-2H2;3H,2H2,1H3. The van der Waals surface area contributed by atoms with E-state index in [-0.39, 0.29) is 32.5 Å². The van der Waals surface area contributed by atoms with Crippen LogP contribution in [0.1, 0.15) is 20.3 Å². The van der Waals surface area contributed by atoms with Crippen LogP contribution in [0.15, 0.2) is 0 Å². The maximum absolute atomic E-state index is 8.39. The minimum absolute atomic E-state index is 0.0810. The molecule has 1 unspecified atom stereocenters. The summed E-state index contributed by atoms with van der Waals surface area (Å²) < 4.78 is 0. The van der Waals surface area contributed by atoms with Crippen molar-refractivity contribution in [3.8, 4) is 0 Å². The van der Waals surface area contributed by atoms with Crippen LogP contribution in [0.2, 0.25) is 0 Å². The third-order valence-corrected chi connectivity index (χ3v) is 0.968. The van der Waals surface area contributed by atoms with Crippen LogP contribution in [0.25, 0.3) is 0 Å². The number of rotatable bonds is 4. The highest BCUT2D eigenvalue weighted by Crippen LogP contribution is 1.83. The van der Waals surface area contributed by atoms with Crippen LogP contribution in [0, 0.1) is 0 Å². The Morgan fingerprint density at radius 1 is 0.933 bits per heavy atom. The van der Waals surface area contributed by atoms with Crippen molar-refractivity contribution >= 4 is 0 Å². The van der Waals surface area contributed by atoms with Gasteiger partial charge in [0.2, 0.25) is 0 Å². The van der Waals surface area contributed by atoms with Crippen molar-refractivity contribution in [3.63, 3.8) is 0 Å². The first kappa shape index (κ1) is 20.2. The quantitative estimate of drug-likeness (QED) is 0.333. The van der Waals surface area contributed by atoms with Crippen LogP contribution >= 0.6 is 0 Å². The van der Waals surface area contributed by atoms with Crippen molar-refractivity contribution in [2.45, 2.75) is 32.5 Å². The van der Waals surface area contributed by atoms with Crippen LogP contribution < -0.4 is 0 Å². The molecule has 15 heavy (non-hydrogen) atoms. The Bertz CT molecular complexity index is 84.7. The predicted molar refractivity (Wildman–Crippen MR) is 56.3 cm³/mol. The summed E-state index contributed by atoms with van der Waals surface area (Å²) in [5, 5.41) is 48.1. The molecule has 6 nitrogen and oxygen atoms in total. The van der Waals surface area contributed by atoms with E-state index in [9.17, 15) is 0 Å². The van der Waals surface area contributed by atoms with Crippen LogP contribution in [-0.4, -0.2) is 69.3 Å². The fourth-order valence-corrected chi connectivity index (χ4v) is 0.245. The topological polar surface area (TPSA) is 121 Å². The molecule has 96 valence electrons. The highest BCUT2D eigenvalue weighted by atomic mass is 16.3. The smallest absolute Gasteiger partial charge is 0.100 e. The number of hydrogen-bond acceptors (Lipinski definition) is 6. The molecular weight excluding hydrogens is 204 g/mol. The van der Waals surface area contributed by atoms with E-state index in [0.29, 0.717) is 6.42 Å². The first-order valence-electron chi connectivity index (χ1n) is 4.79. The average molecular weight is 228 g/mol. The normalized spacial score (nSPS) is 11.0. The van der Waals surface area contributed by atoms with E-state index in [1.165, 1.54) is 0 Å². The van der Waals surface area contributed by atoms with Gasteiger partial charge in [-0.05, 0) is 20.3 Å². The Kier molecular flexibility index (Phi) is 26.1. The molecule has 6 N–H and O–H groups in total. The van der Waals surface area contributed by atoms with Gasteiger partial charge in [-0.25, -0.2) is 0 Å². The molecule has 0 saturated carbocycles. The van der Waals surface area contributed by atoms with Crippen molar-refractivity contribution in [3.05, 3.63) is 0 Å². The second-order valence-electron chi connectivity index (χ2n) is 2.70. The summed E-state index contributed by atoms with van der Waals surface area (Å²) in [4.78, 5) is 0. The summed E-state index contributed by atoms with van der Waals surface area (Å²) in [6, 6.07) is 0. The van der Waals surface area contributed by atoms with E-state index >= 15 is 0 Å². The molecule has 6 heteroatoms. The summed E-state index contributed by atoms with van der Waals surface area (Å²) in [6.07, 6.45) is -0.819. The minimum atomic E-state index is -0.954. The van der Waals surface area contributed by atoms with Crippen LogP contribution in [0.3, 0.4) is 0 Å². The van der Waals surface area contributed by atoms with Crippen LogP contribution in [0.4, 0.5) is 0 Å². The third-order valence-electron chi connectivity index (χ3n) is 0.968. The number of aliphatic hydroxyl groups excluding tert-OH is 6. The Hall–Kier alpha value is -0.240. The average Bonchev–Trinajstić information content (AvgIpc) is 2.18. The molecule has 0 aliphatic carbocycles. The summed E-state index contributed by atoms with van der Waals surface area (Å²) in [5.74, 6) is 0. The molecule has 0 fully saturated rings. The van der Waals surface area contributed by atoms with Gasteiger partial charge in [-0.1, -0.05) is 0 Å². The molecule has 1 atom stereocenters. The van der Waals surface area contributed by atoms with Crippen molar-refractivity contribution in [1.29, 1.82) is 0 Å². The summed E-state index contributed by atoms with van der Waals surface area (Å²) in [7, 11) is 0. The maximum atomic E-state index is 8.39. The van der Waals surface area contributed by atoms with Gasteiger partial charge in [-0.3, -0.25) is 0 Å². The first-order valence-corrected chi connectivity index (χ1v) is 4.79. The second-order valence-corrected chi connectivity index (χ2v) is 2.70. The van der Waals surface area contributed by atoms with E-state index in [4.69, 9.17) is 30.6 Å². The van der Waals surface area contributed by atoms with Crippen molar-refractivity contribution in [1.82, 2.24) is 0 Å². The van der Waals surface area contributed by atoms with Gasteiger partial charge in [0.15, 0.2) is 0 Å².